The predicted molar refractivity (Wildman–Crippen MR) is 89.9 cm³/mol. The molecule has 2 atom stereocenters. The first-order valence-corrected chi connectivity index (χ1v) is 8.72. The topological polar surface area (TPSA) is 24.9 Å². The average molecular weight is 298 g/mol. The van der Waals surface area contributed by atoms with Gasteiger partial charge in [-0.2, -0.15) is 0 Å². The first-order chi connectivity index (χ1) is 10.4. The summed E-state index contributed by atoms with van der Waals surface area (Å²) in [5.74, 6) is 1.76. The van der Waals surface area contributed by atoms with Gasteiger partial charge < -0.3 is 5.32 Å². The molecule has 0 bridgehead atoms. The van der Waals surface area contributed by atoms with Gasteiger partial charge in [0.1, 0.15) is 0 Å². The highest BCUT2D eigenvalue weighted by Crippen LogP contribution is 2.41. The number of aromatic nitrogens is 1. The molecular weight excluding hydrogens is 276 g/mol. The Hall–Kier alpha value is -1.32. The van der Waals surface area contributed by atoms with E-state index in [1.54, 1.807) is 0 Å². The minimum absolute atomic E-state index is 0.469. The third kappa shape index (κ3) is 3.47. The number of hydrogen-bond donors (Lipinski definition) is 1. The normalized spacial score (nSPS) is 18.4. The van der Waals surface area contributed by atoms with Gasteiger partial charge in [-0.3, -0.25) is 4.98 Å². The lowest BCUT2D eigenvalue weighted by molar-refractivity contribution is 0.448. The van der Waals surface area contributed by atoms with Crippen molar-refractivity contribution in [1.82, 2.24) is 10.3 Å². The van der Waals surface area contributed by atoms with Crippen LogP contribution in [0.2, 0.25) is 0 Å². The van der Waals surface area contributed by atoms with Crippen molar-refractivity contribution >= 4 is 11.8 Å². The van der Waals surface area contributed by atoms with Gasteiger partial charge in [0.2, 0.25) is 0 Å². The Morgan fingerprint density at radius 2 is 2.10 bits per heavy atom. The molecule has 0 spiro atoms. The Labute approximate surface area is 131 Å². The van der Waals surface area contributed by atoms with Gasteiger partial charge in [-0.25, -0.2) is 0 Å². The van der Waals surface area contributed by atoms with Crippen molar-refractivity contribution in [3.05, 3.63) is 59.9 Å². The van der Waals surface area contributed by atoms with E-state index in [1.807, 2.05) is 24.0 Å². The maximum absolute atomic E-state index is 4.51. The van der Waals surface area contributed by atoms with Gasteiger partial charge in [-0.05, 0) is 36.7 Å². The summed E-state index contributed by atoms with van der Waals surface area (Å²) in [7, 11) is 0. The summed E-state index contributed by atoms with van der Waals surface area (Å²) in [6.45, 7) is 3.29. The van der Waals surface area contributed by atoms with Crippen molar-refractivity contribution in [2.45, 2.75) is 36.6 Å². The first kappa shape index (κ1) is 14.6. The monoisotopic (exact) mass is 298 g/mol. The molecule has 1 aliphatic rings. The Morgan fingerprint density at radius 1 is 1.24 bits per heavy atom. The number of nitrogens with one attached hydrogen (secondary N) is 1. The Kier molecular flexibility index (Phi) is 4.94. The summed E-state index contributed by atoms with van der Waals surface area (Å²) >= 11 is 1.99. The van der Waals surface area contributed by atoms with E-state index < -0.39 is 0 Å². The fourth-order valence-electron chi connectivity index (χ4n) is 2.95. The van der Waals surface area contributed by atoms with Crippen LogP contribution in [0.3, 0.4) is 0 Å². The van der Waals surface area contributed by atoms with Crippen LogP contribution in [0.1, 0.15) is 30.5 Å². The lowest BCUT2D eigenvalue weighted by atomic mass is 9.90. The molecule has 0 fully saturated rings. The van der Waals surface area contributed by atoms with Crippen molar-refractivity contribution in [1.29, 1.82) is 0 Å². The molecule has 0 amide bonds. The standard InChI is InChI=1S/C18H22N2S/c1-2-10-20-17(12-14-7-5-6-11-19-14)16-13-21-18-9-4-3-8-15(16)18/h3-9,11,16-17,20H,2,10,12-13H2,1H3. The third-order valence-corrected chi connectivity index (χ3v) is 5.24. The fraction of sp³-hybridized carbons (Fsp3) is 0.389. The lowest BCUT2D eigenvalue weighted by Gasteiger charge is -2.25. The smallest absolute Gasteiger partial charge is 0.0419 e. The van der Waals surface area contributed by atoms with Crippen molar-refractivity contribution in [3.8, 4) is 0 Å². The van der Waals surface area contributed by atoms with Crippen molar-refractivity contribution < 1.29 is 0 Å². The Morgan fingerprint density at radius 3 is 2.90 bits per heavy atom. The number of pyridine rings is 1. The van der Waals surface area contributed by atoms with Crippen molar-refractivity contribution in [2.24, 2.45) is 0 Å². The molecule has 1 aromatic heterocycles. The van der Waals surface area contributed by atoms with E-state index in [-0.39, 0.29) is 0 Å². The molecular formula is C18H22N2S. The average Bonchev–Trinajstić information content (AvgIpc) is 2.96. The van der Waals surface area contributed by atoms with Crippen LogP contribution in [0.5, 0.6) is 0 Å². The van der Waals surface area contributed by atoms with E-state index in [9.17, 15) is 0 Å². The molecule has 0 saturated carbocycles. The SMILES string of the molecule is CCCNC(Cc1ccccn1)C1CSc2ccccc21. The van der Waals surface area contributed by atoms with Crippen LogP contribution in [0.25, 0.3) is 0 Å². The van der Waals surface area contributed by atoms with Crippen molar-refractivity contribution in [2.75, 3.05) is 12.3 Å². The van der Waals surface area contributed by atoms with E-state index in [1.165, 1.54) is 28.3 Å². The molecule has 0 aliphatic carbocycles. The van der Waals surface area contributed by atoms with Crippen LogP contribution < -0.4 is 5.32 Å². The zero-order valence-electron chi connectivity index (χ0n) is 12.5. The molecule has 21 heavy (non-hydrogen) atoms. The molecule has 1 N–H and O–H groups in total. The second-order valence-electron chi connectivity index (χ2n) is 5.54. The molecule has 110 valence electrons. The van der Waals surface area contributed by atoms with Gasteiger partial charge in [0.25, 0.3) is 0 Å². The van der Waals surface area contributed by atoms with Crippen LogP contribution in [0, 0.1) is 0 Å². The summed E-state index contributed by atoms with van der Waals surface area (Å²) in [4.78, 5) is 5.96. The van der Waals surface area contributed by atoms with Crippen LogP contribution in [0.15, 0.2) is 53.6 Å². The lowest BCUT2D eigenvalue weighted by Crippen LogP contribution is -2.37. The Balaban J connectivity index is 1.80. The summed E-state index contributed by atoms with van der Waals surface area (Å²) in [5, 5.41) is 3.75. The molecule has 3 heteroatoms. The van der Waals surface area contributed by atoms with Gasteiger partial charge in [-0.15, -0.1) is 11.8 Å². The zero-order valence-corrected chi connectivity index (χ0v) is 13.3. The number of rotatable bonds is 6. The maximum atomic E-state index is 4.51. The van der Waals surface area contributed by atoms with E-state index in [4.69, 9.17) is 0 Å². The number of fused-ring (bicyclic) bond motifs is 1. The largest absolute Gasteiger partial charge is 0.313 e. The quantitative estimate of drug-likeness (QED) is 0.876. The fourth-order valence-corrected chi connectivity index (χ4v) is 4.28. The second-order valence-corrected chi connectivity index (χ2v) is 6.60. The van der Waals surface area contributed by atoms with E-state index in [2.05, 4.69) is 53.6 Å². The zero-order chi connectivity index (χ0) is 14.5. The minimum Gasteiger partial charge on any atom is -0.313 e. The van der Waals surface area contributed by atoms with Gasteiger partial charge in [-0.1, -0.05) is 31.2 Å². The van der Waals surface area contributed by atoms with Gasteiger partial charge in [0.05, 0.1) is 0 Å². The molecule has 2 unspecified atom stereocenters. The molecule has 2 nitrogen and oxygen atoms in total. The summed E-state index contributed by atoms with van der Waals surface area (Å²) in [6, 6.07) is 15.5. The number of thioether (sulfide) groups is 1. The van der Waals surface area contributed by atoms with Crippen LogP contribution in [-0.2, 0) is 6.42 Å². The maximum Gasteiger partial charge on any atom is 0.0419 e. The van der Waals surface area contributed by atoms with Gasteiger partial charge >= 0.3 is 0 Å². The van der Waals surface area contributed by atoms with E-state index in [0.717, 1.165) is 13.0 Å². The molecule has 1 aromatic carbocycles. The summed E-state index contributed by atoms with van der Waals surface area (Å²) in [6.07, 6.45) is 4.06. The summed E-state index contributed by atoms with van der Waals surface area (Å²) in [5.41, 5.74) is 2.69. The van der Waals surface area contributed by atoms with Crippen molar-refractivity contribution in [3.63, 3.8) is 0 Å². The Bertz CT molecular complexity index is 570. The summed E-state index contributed by atoms with van der Waals surface area (Å²) < 4.78 is 0. The number of hydrogen-bond acceptors (Lipinski definition) is 3. The molecule has 2 aromatic rings. The molecule has 0 radical (unpaired) electrons. The highest BCUT2D eigenvalue weighted by molar-refractivity contribution is 7.99. The highest BCUT2D eigenvalue weighted by atomic mass is 32.2. The van der Waals surface area contributed by atoms with E-state index in [0.29, 0.717) is 12.0 Å². The molecule has 0 saturated heterocycles. The third-order valence-electron chi connectivity index (χ3n) is 4.03. The van der Waals surface area contributed by atoms with E-state index >= 15 is 0 Å². The van der Waals surface area contributed by atoms with Gasteiger partial charge in [0.15, 0.2) is 0 Å². The first-order valence-electron chi connectivity index (χ1n) is 7.73. The molecule has 2 heterocycles. The number of benzene rings is 1. The number of nitrogens with zero attached hydrogens (tertiary/aromatic N) is 1. The van der Waals surface area contributed by atoms with Gasteiger partial charge in [0, 0.05) is 40.9 Å². The highest BCUT2D eigenvalue weighted by Gasteiger charge is 2.30. The van der Waals surface area contributed by atoms with Crippen LogP contribution in [0.4, 0.5) is 0 Å². The van der Waals surface area contributed by atoms with Crippen LogP contribution in [-0.4, -0.2) is 23.3 Å². The predicted octanol–water partition coefficient (Wildman–Crippen LogP) is 3.88. The van der Waals surface area contributed by atoms with Crippen LogP contribution >= 0.6 is 11.8 Å². The second kappa shape index (κ2) is 7.10. The minimum atomic E-state index is 0.469. The molecule has 1 aliphatic heterocycles. The molecule has 3 rings (SSSR count).